The molecule has 2 rings (SSSR count). The normalized spacial score (nSPS) is 27.4. The molecular formula is C15H27N3O2. The summed E-state index contributed by atoms with van der Waals surface area (Å²) >= 11 is 0. The van der Waals surface area contributed by atoms with E-state index in [1.807, 2.05) is 20.9 Å². The molecule has 0 spiro atoms. The lowest BCUT2D eigenvalue weighted by Crippen LogP contribution is -2.63. The number of rotatable bonds is 2. The molecule has 2 aliphatic heterocycles. The fourth-order valence-corrected chi connectivity index (χ4v) is 3.30. The van der Waals surface area contributed by atoms with E-state index < -0.39 is 5.54 Å². The fourth-order valence-electron chi connectivity index (χ4n) is 3.30. The summed E-state index contributed by atoms with van der Waals surface area (Å²) < 4.78 is 0. The highest BCUT2D eigenvalue weighted by Crippen LogP contribution is 2.25. The molecule has 2 amide bonds. The van der Waals surface area contributed by atoms with E-state index in [0.29, 0.717) is 25.4 Å². The van der Waals surface area contributed by atoms with Gasteiger partial charge < -0.3 is 15.1 Å². The lowest BCUT2D eigenvalue weighted by Gasteiger charge is -2.45. The fraction of sp³-hybridized carbons (Fsp3) is 0.867. The molecule has 2 aliphatic rings. The molecule has 2 fully saturated rings. The van der Waals surface area contributed by atoms with Crippen LogP contribution in [0.2, 0.25) is 0 Å². The van der Waals surface area contributed by atoms with Gasteiger partial charge in [-0.1, -0.05) is 0 Å². The van der Waals surface area contributed by atoms with Crippen molar-refractivity contribution < 1.29 is 9.59 Å². The van der Waals surface area contributed by atoms with Crippen molar-refractivity contribution in [2.75, 3.05) is 33.2 Å². The molecule has 20 heavy (non-hydrogen) atoms. The Bertz CT molecular complexity index is 373. The first kappa shape index (κ1) is 15.3. The van der Waals surface area contributed by atoms with Gasteiger partial charge in [-0.15, -0.1) is 0 Å². The molecule has 5 heteroatoms. The van der Waals surface area contributed by atoms with Gasteiger partial charge in [-0.25, -0.2) is 0 Å². The highest BCUT2D eigenvalue weighted by atomic mass is 16.2. The predicted molar refractivity (Wildman–Crippen MR) is 78.3 cm³/mol. The van der Waals surface area contributed by atoms with Crippen LogP contribution in [0.3, 0.4) is 0 Å². The third-order valence-corrected chi connectivity index (χ3v) is 4.66. The second-order valence-electron chi connectivity index (χ2n) is 6.58. The maximum absolute atomic E-state index is 12.6. The van der Waals surface area contributed by atoms with Crippen molar-refractivity contribution >= 4 is 11.8 Å². The van der Waals surface area contributed by atoms with Gasteiger partial charge in [0.15, 0.2) is 0 Å². The van der Waals surface area contributed by atoms with Crippen LogP contribution in [-0.4, -0.2) is 60.4 Å². The summed E-state index contributed by atoms with van der Waals surface area (Å²) in [5.41, 5.74) is -0.701. The monoisotopic (exact) mass is 281 g/mol. The smallest absolute Gasteiger partial charge is 0.247 e. The minimum atomic E-state index is -0.701. The first-order valence-electron chi connectivity index (χ1n) is 7.69. The number of nitrogens with zero attached hydrogens (tertiary/aromatic N) is 2. The predicted octanol–water partition coefficient (Wildman–Crippen LogP) is 0.845. The molecule has 1 unspecified atom stereocenters. The standard InChI is InChI=1S/C15H27N3O2/c1-15(2)14(20)17(3)9-10-18(15)13(19)11-12-5-4-7-16-8-6-12/h12,16H,4-11H2,1-3H3. The zero-order valence-electron chi connectivity index (χ0n) is 12.9. The molecule has 1 N–H and O–H groups in total. The molecule has 2 saturated heterocycles. The van der Waals surface area contributed by atoms with Crippen molar-refractivity contribution in [2.24, 2.45) is 5.92 Å². The van der Waals surface area contributed by atoms with Crippen molar-refractivity contribution in [3.05, 3.63) is 0 Å². The van der Waals surface area contributed by atoms with Crippen LogP contribution in [0.5, 0.6) is 0 Å². The molecule has 114 valence electrons. The topological polar surface area (TPSA) is 52.6 Å². The number of nitrogens with one attached hydrogen (secondary N) is 1. The van der Waals surface area contributed by atoms with Crippen molar-refractivity contribution in [3.63, 3.8) is 0 Å². The van der Waals surface area contributed by atoms with Crippen LogP contribution >= 0.6 is 0 Å². The average Bonchev–Trinajstić information content (AvgIpc) is 2.64. The molecule has 0 aromatic carbocycles. The van der Waals surface area contributed by atoms with Crippen LogP contribution in [0.4, 0.5) is 0 Å². The summed E-state index contributed by atoms with van der Waals surface area (Å²) in [6.45, 7) is 7.07. The summed E-state index contributed by atoms with van der Waals surface area (Å²) in [7, 11) is 1.81. The second kappa shape index (κ2) is 6.12. The van der Waals surface area contributed by atoms with Crippen LogP contribution in [0, 0.1) is 5.92 Å². The number of carbonyl (C=O) groups is 2. The van der Waals surface area contributed by atoms with Crippen LogP contribution in [0.1, 0.15) is 39.5 Å². The van der Waals surface area contributed by atoms with Crippen molar-refractivity contribution in [1.29, 1.82) is 0 Å². The summed E-state index contributed by atoms with van der Waals surface area (Å²) in [6.07, 6.45) is 3.90. The molecule has 0 radical (unpaired) electrons. The number of amides is 2. The maximum atomic E-state index is 12.6. The van der Waals surface area contributed by atoms with E-state index in [1.54, 1.807) is 9.80 Å². The van der Waals surface area contributed by atoms with E-state index >= 15 is 0 Å². The Labute approximate surface area is 121 Å². The van der Waals surface area contributed by atoms with Gasteiger partial charge in [0.25, 0.3) is 0 Å². The Kier molecular flexibility index (Phi) is 4.68. The van der Waals surface area contributed by atoms with Gasteiger partial charge in [0.2, 0.25) is 11.8 Å². The summed E-state index contributed by atoms with van der Waals surface area (Å²) in [6, 6.07) is 0. The van der Waals surface area contributed by atoms with E-state index in [1.165, 1.54) is 0 Å². The minimum Gasteiger partial charge on any atom is -0.342 e. The van der Waals surface area contributed by atoms with Crippen LogP contribution in [0.25, 0.3) is 0 Å². The molecule has 0 aromatic rings. The first-order valence-corrected chi connectivity index (χ1v) is 7.69. The third-order valence-electron chi connectivity index (χ3n) is 4.66. The molecule has 1 atom stereocenters. The lowest BCUT2D eigenvalue weighted by molar-refractivity contribution is -0.157. The number of hydrogen-bond acceptors (Lipinski definition) is 3. The van der Waals surface area contributed by atoms with Gasteiger partial charge in [-0.2, -0.15) is 0 Å². The van der Waals surface area contributed by atoms with Crippen LogP contribution in [-0.2, 0) is 9.59 Å². The van der Waals surface area contributed by atoms with Gasteiger partial charge in [-0.05, 0) is 52.1 Å². The van der Waals surface area contributed by atoms with E-state index in [9.17, 15) is 9.59 Å². The number of carbonyl (C=O) groups excluding carboxylic acids is 2. The molecule has 5 nitrogen and oxygen atoms in total. The molecular weight excluding hydrogens is 254 g/mol. The minimum absolute atomic E-state index is 0.0413. The molecule has 0 aliphatic carbocycles. The lowest BCUT2D eigenvalue weighted by atomic mass is 9.92. The SMILES string of the molecule is CN1CCN(C(=O)CC2CCCNCC2)C(C)(C)C1=O. The highest BCUT2D eigenvalue weighted by molar-refractivity contribution is 5.91. The summed E-state index contributed by atoms with van der Waals surface area (Å²) in [4.78, 5) is 28.3. The number of piperazine rings is 1. The van der Waals surface area contributed by atoms with Gasteiger partial charge in [0.1, 0.15) is 5.54 Å². The largest absolute Gasteiger partial charge is 0.342 e. The number of hydrogen-bond donors (Lipinski definition) is 1. The second-order valence-corrected chi connectivity index (χ2v) is 6.58. The Hall–Kier alpha value is -1.10. The Morgan fingerprint density at radius 3 is 2.80 bits per heavy atom. The van der Waals surface area contributed by atoms with Crippen molar-refractivity contribution in [1.82, 2.24) is 15.1 Å². The Morgan fingerprint density at radius 1 is 1.30 bits per heavy atom. The van der Waals surface area contributed by atoms with E-state index in [2.05, 4.69) is 5.32 Å². The Balaban J connectivity index is 1.99. The maximum Gasteiger partial charge on any atom is 0.247 e. The molecule has 2 heterocycles. The third kappa shape index (κ3) is 3.14. The summed E-state index contributed by atoms with van der Waals surface area (Å²) in [5, 5.41) is 3.37. The zero-order chi connectivity index (χ0) is 14.8. The van der Waals surface area contributed by atoms with Crippen molar-refractivity contribution in [2.45, 2.75) is 45.1 Å². The van der Waals surface area contributed by atoms with Crippen LogP contribution < -0.4 is 5.32 Å². The van der Waals surface area contributed by atoms with Gasteiger partial charge in [0.05, 0.1) is 0 Å². The van der Waals surface area contributed by atoms with Gasteiger partial charge in [0, 0.05) is 26.6 Å². The quantitative estimate of drug-likeness (QED) is 0.816. The van der Waals surface area contributed by atoms with Crippen LogP contribution in [0.15, 0.2) is 0 Å². The van der Waals surface area contributed by atoms with Gasteiger partial charge >= 0.3 is 0 Å². The first-order chi connectivity index (χ1) is 9.43. The average molecular weight is 281 g/mol. The van der Waals surface area contributed by atoms with E-state index in [0.717, 1.165) is 32.4 Å². The molecule has 0 bridgehead atoms. The van der Waals surface area contributed by atoms with E-state index in [-0.39, 0.29) is 11.8 Å². The Morgan fingerprint density at radius 2 is 2.05 bits per heavy atom. The van der Waals surface area contributed by atoms with E-state index in [4.69, 9.17) is 0 Å². The highest BCUT2D eigenvalue weighted by Gasteiger charge is 2.43. The van der Waals surface area contributed by atoms with Crippen molar-refractivity contribution in [3.8, 4) is 0 Å². The number of likely N-dealkylation sites (N-methyl/N-ethyl adjacent to an activating group) is 1. The molecule has 0 aromatic heterocycles. The molecule has 0 saturated carbocycles. The van der Waals surface area contributed by atoms with Gasteiger partial charge in [-0.3, -0.25) is 9.59 Å². The summed E-state index contributed by atoms with van der Waals surface area (Å²) in [5.74, 6) is 0.644. The zero-order valence-corrected chi connectivity index (χ0v) is 12.9.